The zero-order valence-electron chi connectivity index (χ0n) is 14.9. The summed E-state index contributed by atoms with van der Waals surface area (Å²) in [5.41, 5.74) is 0.999. The maximum Gasteiger partial charge on any atom is 0.243 e. The maximum atomic E-state index is 12.8. The molecule has 1 unspecified atom stereocenters. The predicted octanol–water partition coefficient (Wildman–Crippen LogP) is 3.87. The fourth-order valence-corrected chi connectivity index (χ4v) is 3.70. The number of carbonyl (C=O) groups excluding carboxylic acids is 1. The standard InChI is InChI=1S/C20H21ClN4O2/c21-17-6-2-1-5-15(17)11-16-12-23-20(27-16)18-7-3-4-9-25(18)19(26)13-24-10-8-22-14-24/h1-2,5-6,8,10,12,14,18H,3-4,7,9,11,13H2. The molecule has 1 saturated heterocycles. The van der Waals surface area contributed by atoms with Crippen molar-refractivity contribution in [1.82, 2.24) is 19.4 Å². The molecule has 1 fully saturated rings. The number of hydrogen-bond acceptors (Lipinski definition) is 4. The smallest absolute Gasteiger partial charge is 0.243 e. The Labute approximate surface area is 162 Å². The largest absolute Gasteiger partial charge is 0.443 e. The van der Waals surface area contributed by atoms with Gasteiger partial charge in [-0.2, -0.15) is 0 Å². The van der Waals surface area contributed by atoms with Crippen LogP contribution in [0, 0.1) is 0 Å². The first-order valence-electron chi connectivity index (χ1n) is 9.14. The molecule has 0 spiro atoms. The highest BCUT2D eigenvalue weighted by atomic mass is 35.5. The van der Waals surface area contributed by atoms with Crippen molar-refractivity contribution in [3.05, 3.63) is 71.4 Å². The number of rotatable bonds is 5. The van der Waals surface area contributed by atoms with Crippen molar-refractivity contribution in [2.75, 3.05) is 6.54 Å². The fourth-order valence-electron chi connectivity index (χ4n) is 3.50. The molecule has 0 saturated carbocycles. The fraction of sp³-hybridized carbons (Fsp3) is 0.350. The van der Waals surface area contributed by atoms with Crippen LogP contribution in [0.4, 0.5) is 0 Å². The number of nitrogens with zero attached hydrogens (tertiary/aromatic N) is 4. The number of likely N-dealkylation sites (tertiary alicyclic amines) is 1. The van der Waals surface area contributed by atoms with Crippen molar-refractivity contribution in [3.8, 4) is 0 Å². The number of hydrogen-bond donors (Lipinski definition) is 0. The van der Waals surface area contributed by atoms with E-state index in [9.17, 15) is 4.79 Å². The topological polar surface area (TPSA) is 64.2 Å². The van der Waals surface area contributed by atoms with Gasteiger partial charge in [-0.25, -0.2) is 9.97 Å². The van der Waals surface area contributed by atoms with Crippen LogP contribution < -0.4 is 0 Å². The Morgan fingerprint density at radius 2 is 2.19 bits per heavy atom. The van der Waals surface area contributed by atoms with Crippen molar-refractivity contribution >= 4 is 17.5 Å². The molecular weight excluding hydrogens is 364 g/mol. The Morgan fingerprint density at radius 3 is 3.00 bits per heavy atom. The molecule has 0 bridgehead atoms. The summed E-state index contributed by atoms with van der Waals surface area (Å²) in [4.78, 5) is 23.1. The van der Waals surface area contributed by atoms with Crippen LogP contribution in [0.2, 0.25) is 5.02 Å². The van der Waals surface area contributed by atoms with Gasteiger partial charge in [0.15, 0.2) is 0 Å². The zero-order valence-corrected chi connectivity index (χ0v) is 15.7. The Bertz CT molecular complexity index is 906. The number of amides is 1. The molecule has 2 aromatic heterocycles. The highest BCUT2D eigenvalue weighted by molar-refractivity contribution is 6.31. The molecule has 1 aliphatic rings. The lowest BCUT2D eigenvalue weighted by molar-refractivity contribution is -0.136. The molecule has 6 nitrogen and oxygen atoms in total. The van der Waals surface area contributed by atoms with Crippen molar-refractivity contribution in [2.24, 2.45) is 0 Å². The molecule has 1 aliphatic heterocycles. The second kappa shape index (κ2) is 7.96. The molecule has 1 aromatic carbocycles. The molecule has 4 rings (SSSR count). The van der Waals surface area contributed by atoms with E-state index < -0.39 is 0 Å². The molecule has 1 atom stereocenters. The summed E-state index contributed by atoms with van der Waals surface area (Å²) >= 11 is 6.24. The molecule has 27 heavy (non-hydrogen) atoms. The molecule has 1 amide bonds. The normalized spacial score (nSPS) is 17.2. The minimum Gasteiger partial charge on any atom is -0.443 e. The second-order valence-electron chi connectivity index (χ2n) is 6.77. The Morgan fingerprint density at radius 1 is 1.30 bits per heavy atom. The minimum absolute atomic E-state index is 0.0588. The van der Waals surface area contributed by atoms with Crippen molar-refractivity contribution in [2.45, 2.75) is 38.3 Å². The van der Waals surface area contributed by atoms with Gasteiger partial charge in [0, 0.05) is 30.4 Å². The van der Waals surface area contributed by atoms with Crippen LogP contribution in [0.5, 0.6) is 0 Å². The van der Waals surface area contributed by atoms with Gasteiger partial charge >= 0.3 is 0 Å². The number of imidazole rings is 1. The van der Waals surface area contributed by atoms with Crippen molar-refractivity contribution < 1.29 is 9.21 Å². The number of aromatic nitrogens is 3. The van der Waals surface area contributed by atoms with Gasteiger partial charge in [0.05, 0.1) is 12.5 Å². The summed E-state index contributed by atoms with van der Waals surface area (Å²) in [5, 5.41) is 0.713. The molecule has 3 aromatic rings. The third kappa shape index (κ3) is 4.06. The molecule has 0 aliphatic carbocycles. The first-order chi connectivity index (χ1) is 13.2. The summed E-state index contributed by atoms with van der Waals surface area (Å²) in [6.45, 7) is 1.00. The first-order valence-corrected chi connectivity index (χ1v) is 9.52. The van der Waals surface area contributed by atoms with E-state index in [1.54, 1.807) is 29.5 Å². The summed E-state index contributed by atoms with van der Waals surface area (Å²) < 4.78 is 7.80. The van der Waals surface area contributed by atoms with Gasteiger partial charge < -0.3 is 13.9 Å². The van der Waals surface area contributed by atoms with E-state index >= 15 is 0 Å². The number of benzene rings is 1. The molecule has 0 N–H and O–H groups in total. The summed E-state index contributed by atoms with van der Waals surface area (Å²) in [6, 6.07) is 7.59. The lowest BCUT2D eigenvalue weighted by Crippen LogP contribution is -2.40. The molecule has 7 heteroatoms. The van der Waals surface area contributed by atoms with Crippen LogP contribution in [0.25, 0.3) is 0 Å². The Hall–Kier alpha value is -2.60. The molecule has 3 heterocycles. The summed E-state index contributed by atoms with van der Waals surface area (Å²) in [7, 11) is 0. The molecular formula is C20H21ClN4O2. The van der Waals surface area contributed by atoms with E-state index in [1.807, 2.05) is 29.2 Å². The lowest BCUT2D eigenvalue weighted by atomic mass is 10.0. The van der Waals surface area contributed by atoms with Gasteiger partial charge in [0.2, 0.25) is 11.8 Å². The summed E-state index contributed by atoms with van der Waals surface area (Å²) in [6.07, 6.45) is 10.4. The van der Waals surface area contributed by atoms with Crippen LogP contribution >= 0.6 is 11.6 Å². The first kappa shape index (κ1) is 17.8. The van der Waals surface area contributed by atoms with Crippen LogP contribution in [-0.2, 0) is 17.8 Å². The molecule has 140 valence electrons. The quantitative estimate of drug-likeness (QED) is 0.669. The van der Waals surface area contributed by atoms with E-state index in [0.29, 0.717) is 17.3 Å². The minimum atomic E-state index is -0.116. The summed E-state index contributed by atoms with van der Waals surface area (Å²) in [5.74, 6) is 1.42. The van der Waals surface area contributed by atoms with E-state index in [2.05, 4.69) is 9.97 Å². The van der Waals surface area contributed by atoms with Crippen molar-refractivity contribution in [1.29, 1.82) is 0 Å². The van der Waals surface area contributed by atoms with E-state index in [4.69, 9.17) is 16.0 Å². The maximum absolute atomic E-state index is 12.8. The zero-order chi connectivity index (χ0) is 18.6. The van der Waals surface area contributed by atoms with E-state index in [0.717, 1.165) is 37.1 Å². The van der Waals surface area contributed by atoms with Gasteiger partial charge in [-0.05, 0) is 30.9 Å². The Kier molecular flexibility index (Phi) is 5.25. The van der Waals surface area contributed by atoms with Crippen LogP contribution in [-0.4, -0.2) is 31.9 Å². The van der Waals surface area contributed by atoms with Gasteiger partial charge in [-0.15, -0.1) is 0 Å². The van der Waals surface area contributed by atoms with Crippen LogP contribution in [0.3, 0.4) is 0 Å². The monoisotopic (exact) mass is 384 g/mol. The van der Waals surface area contributed by atoms with Gasteiger partial charge in [-0.3, -0.25) is 4.79 Å². The van der Waals surface area contributed by atoms with Gasteiger partial charge in [-0.1, -0.05) is 29.8 Å². The SMILES string of the molecule is O=C(Cn1ccnc1)N1CCCCC1c1ncc(Cc2ccccc2Cl)o1. The average molecular weight is 385 g/mol. The van der Waals surface area contributed by atoms with Crippen molar-refractivity contribution in [3.63, 3.8) is 0 Å². The van der Waals surface area contributed by atoms with E-state index in [1.165, 1.54) is 0 Å². The molecule has 0 radical (unpaired) electrons. The number of piperidine rings is 1. The predicted molar refractivity (Wildman–Crippen MR) is 101 cm³/mol. The second-order valence-corrected chi connectivity index (χ2v) is 7.17. The van der Waals surface area contributed by atoms with Crippen LogP contribution in [0.1, 0.15) is 42.5 Å². The highest BCUT2D eigenvalue weighted by Gasteiger charge is 2.31. The average Bonchev–Trinajstić information content (AvgIpc) is 3.36. The Balaban J connectivity index is 1.50. The lowest BCUT2D eigenvalue weighted by Gasteiger charge is -2.33. The van der Waals surface area contributed by atoms with Gasteiger partial charge in [0.25, 0.3) is 0 Å². The number of oxazole rings is 1. The highest BCUT2D eigenvalue weighted by Crippen LogP contribution is 2.31. The van der Waals surface area contributed by atoms with Crippen LogP contribution in [0.15, 0.2) is 53.6 Å². The number of carbonyl (C=O) groups is 1. The third-order valence-corrected chi connectivity index (χ3v) is 5.25. The third-order valence-electron chi connectivity index (χ3n) is 4.88. The van der Waals surface area contributed by atoms with Gasteiger partial charge in [0.1, 0.15) is 18.3 Å². The number of halogens is 1. The van der Waals surface area contributed by atoms with E-state index in [-0.39, 0.29) is 18.5 Å².